The Morgan fingerprint density at radius 1 is 1.17 bits per heavy atom. The van der Waals surface area contributed by atoms with E-state index in [0.29, 0.717) is 15.5 Å². The molecule has 0 aliphatic rings. The molecule has 1 aromatic carbocycles. The highest BCUT2D eigenvalue weighted by molar-refractivity contribution is 6.42. The molecule has 102 valence electrons. The minimum atomic E-state index is 0.307. The quantitative estimate of drug-likeness (QED) is 0.700. The first-order valence-electron chi connectivity index (χ1n) is 6.59. The molecular weight excluding hydrogens is 265 g/mol. The molecule has 0 heterocycles. The summed E-state index contributed by atoms with van der Waals surface area (Å²) < 4.78 is 0. The molecule has 1 N–H and O–H groups in total. The summed E-state index contributed by atoms with van der Waals surface area (Å²) in [6.45, 7) is 8.94. The molecule has 0 saturated carbocycles. The van der Waals surface area contributed by atoms with Crippen molar-refractivity contribution in [3.8, 4) is 0 Å². The summed E-state index contributed by atoms with van der Waals surface area (Å²) in [5.41, 5.74) is 1.56. The third-order valence-electron chi connectivity index (χ3n) is 3.10. The molecule has 0 spiro atoms. The van der Waals surface area contributed by atoms with Gasteiger partial charge >= 0.3 is 0 Å². The van der Waals surface area contributed by atoms with Crippen LogP contribution in [0.1, 0.15) is 39.2 Å². The van der Waals surface area contributed by atoms with Crippen molar-refractivity contribution in [3.05, 3.63) is 33.8 Å². The van der Waals surface area contributed by atoms with Gasteiger partial charge in [0.25, 0.3) is 0 Å². The smallest absolute Gasteiger partial charge is 0.0595 e. The Balaban J connectivity index is 2.45. The predicted octanol–water partition coefficient (Wildman–Crippen LogP) is 4.95. The second kappa shape index (κ2) is 7.37. The summed E-state index contributed by atoms with van der Waals surface area (Å²) in [6, 6.07) is 5.91. The number of rotatable bonds is 7. The van der Waals surface area contributed by atoms with Gasteiger partial charge in [-0.25, -0.2) is 0 Å². The van der Waals surface area contributed by atoms with Gasteiger partial charge in [-0.05, 0) is 48.9 Å². The lowest BCUT2D eigenvalue weighted by Gasteiger charge is -2.25. The van der Waals surface area contributed by atoms with Crippen molar-refractivity contribution in [1.29, 1.82) is 0 Å². The van der Waals surface area contributed by atoms with E-state index in [0.717, 1.165) is 25.9 Å². The highest BCUT2D eigenvalue weighted by Crippen LogP contribution is 2.26. The van der Waals surface area contributed by atoms with E-state index in [1.807, 2.05) is 12.1 Å². The minimum Gasteiger partial charge on any atom is -0.316 e. The predicted molar refractivity (Wildman–Crippen MR) is 81.7 cm³/mol. The Labute approximate surface area is 121 Å². The molecule has 0 atom stereocenters. The van der Waals surface area contributed by atoms with Crippen LogP contribution < -0.4 is 5.32 Å². The second-order valence-corrected chi connectivity index (χ2v) is 6.40. The van der Waals surface area contributed by atoms with E-state index in [1.54, 1.807) is 0 Å². The maximum Gasteiger partial charge on any atom is 0.0595 e. The van der Waals surface area contributed by atoms with Crippen molar-refractivity contribution in [2.45, 2.75) is 40.0 Å². The minimum absolute atomic E-state index is 0.307. The van der Waals surface area contributed by atoms with Crippen LogP contribution in [0.5, 0.6) is 0 Å². The Kier molecular flexibility index (Phi) is 6.48. The average Bonchev–Trinajstić information content (AvgIpc) is 2.31. The zero-order valence-corrected chi connectivity index (χ0v) is 13.0. The summed E-state index contributed by atoms with van der Waals surface area (Å²) in [7, 11) is 0. The number of benzene rings is 1. The van der Waals surface area contributed by atoms with Gasteiger partial charge in [0.05, 0.1) is 10.0 Å². The molecule has 0 aliphatic heterocycles. The lowest BCUT2D eigenvalue weighted by Crippen LogP contribution is -2.30. The highest BCUT2D eigenvalue weighted by Gasteiger charge is 2.17. The van der Waals surface area contributed by atoms with Crippen molar-refractivity contribution in [2.75, 3.05) is 13.1 Å². The van der Waals surface area contributed by atoms with Gasteiger partial charge in [-0.3, -0.25) is 0 Å². The van der Waals surface area contributed by atoms with Crippen LogP contribution in [0.4, 0.5) is 0 Å². The topological polar surface area (TPSA) is 12.0 Å². The zero-order valence-electron chi connectivity index (χ0n) is 11.5. The van der Waals surface area contributed by atoms with E-state index in [-0.39, 0.29) is 0 Å². The first kappa shape index (κ1) is 15.8. The van der Waals surface area contributed by atoms with Crippen molar-refractivity contribution >= 4 is 23.2 Å². The summed E-state index contributed by atoms with van der Waals surface area (Å²) in [5.74, 6) is 0. The zero-order chi connectivity index (χ0) is 13.6. The molecule has 0 fully saturated rings. The number of nitrogens with one attached hydrogen (secondary N) is 1. The molecule has 0 amide bonds. The normalized spacial score (nSPS) is 11.8. The van der Waals surface area contributed by atoms with Crippen LogP contribution in [0.3, 0.4) is 0 Å². The molecule has 1 rings (SSSR count). The molecule has 0 unspecified atom stereocenters. The van der Waals surface area contributed by atoms with Gasteiger partial charge in [-0.1, -0.05) is 50.0 Å². The molecule has 0 aromatic heterocycles. The Bertz CT molecular complexity index is 375. The lowest BCUT2D eigenvalue weighted by molar-refractivity contribution is 0.315. The number of hydrogen-bond donors (Lipinski definition) is 1. The Morgan fingerprint density at radius 3 is 2.50 bits per heavy atom. The van der Waals surface area contributed by atoms with Gasteiger partial charge in [0.2, 0.25) is 0 Å². The van der Waals surface area contributed by atoms with Gasteiger partial charge < -0.3 is 5.32 Å². The third-order valence-corrected chi connectivity index (χ3v) is 3.84. The maximum absolute atomic E-state index is 6.02. The summed E-state index contributed by atoms with van der Waals surface area (Å²) >= 11 is 11.9. The van der Waals surface area contributed by atoms with E-state index in [2.05, 4.69) is 32.2 Å². The van der Waals surface area contributed by atoms with Crippen molar-refractivity contribution in [1.82, 2.24) is 5.32 Å². The second-order valence-electron chi connectivity index (χ2n) is 5.59. The van der Waals surface area contributed by atoms with E-state index in [1.165, 1.54) is 12.0 Å². The van der Waals surface area contributed by atoms with Crippen LogP contribution in [0.2, 0.25) is 10.0 Å². The number of aryl methyl sites for hydroxylation is 1. The Morgan fingerprint density at radius 2 is 1.89 bits per heavy atom. The van der Waals surface area contributed by atoms with Crippen LogP contribution in [0.25, 0.3) is 0 Å². The van der Waals surface area contributed by atoms with Crippen LogP contribution >= 0.6 is 23.2 Å². The van der Waals surface area contributed by atoms with Gasteiger partial charge in [0, 0.05) is 6.54 Å². The highest BCUT2D eigenvalue weighted by atomic mass is 35.5. The van der Waals surface area contributed by atoms with Crippen molar-refractivity contribution in [2.24, 2.45) is 5.41 Å². The van der Waals surface area contributed by atoms with Gasteiger partial charge in [-0.2, -0.15) is 0 Å². The van der Waals surface area contributed by atoms with E-state index in [9.17, 15) is 0 Å². The van der Waals surface area contributed by atoms with Gasteiger partial charge in [-0.15, -0.1) is 0 Å². The third kappa shape index (κ3) is 5.60. The molecule has 1 nitrogen and oxygen atoms in total. The molecule has 0 radical (unpaired) electrons. The molecular formula is C15H23Cl2N. The fourth-order valence-corrected chi connectivity index (χ4v) is 2.19. The van der Waals surface area contributed by atoms with Crippen LogP contribution in [-0.2, 0) is 6.42 Å². The van der Waals surface area contributed by atoms with Gasteiger partial charge in [0.15, 0.2) is 0 Å². The summed E-state index contributed by atoms with van der Waals surface area (Å²) in [5, 5.41) is 4.76. The number of hydrogen-bond acceptors (Lipinski definition) is 1. The van der Waals surface area contributed by atoms with Gasteiger partial charge in [0.1, 0.15) is 0 Å². The van der Waals surface area contributed by atoms with Crippen LogP contribution in [0.15, 0.2) is 18.2 Å². The molecule has 0 bridgehead atoms. The first-order chi connectivity index (χ1) is 8.44. The van der Waals surface area contributed by atoms with Crippen LogP contribution in [0, 0.1) is 5.41 Å². The fourth-order valence-electron chi connectivity index (χ4n) is 1.87. The monoisotopic (exact) mass is 287 g/mol. The molecule has 18 heavy (non-hydrogen) atoms. The molecule has 1 aromatic rings. The molecule has 3 heteroatoms. The first-order valence-corrected chi connectivity index (χ1v) is 7.35. The molecule has 0 aliphatic carbocycles. The maximum atomic E-state index is 6.02. The van der Waals surface area contributed by atoms with Crippen LogP contribution in [-0.4, -0.2) is 13.1 Å². The lowest BCUT2D eigenvalue weighted by atomic mass is 9.86. The SMILES string of the molecule is CCCNCC(C)(C)CCc1ccc(Cl)c(Cl)c1. The van der Waals surface area contributed by atoms with E-state index in [4.69, 9.17) is 23.2 Å². The summed E-state index contributed by atoms with van der Waals surface area (Å²) in [6.07, 6.45) is 3.36. The van der Waals surface area contributed by atoms with E-state index >= 15 is 0 Å². The Hall–Kier alpha value is -0.240. The van der Waals surface area contributed by atoms with E-state index < -0.39 is 0 Å². The molecule has 0 saturated heterocycles. The number of halogens is 2. The van der Waals surface area contributed by atoms with Crippen molar-refractivity contribution < 1.29 is 0 Å². The summed E-state index contributed by atoms with van der Waals surface area (Å²) in [4.78, 5) is 0. The standard InChI is InChI=1S/C15H23Cl2N/c1-4-9-18-11-15(2,3)8-7-12-5-6-13(16)14(17)10-12/h5-6,10,18H,4,7-9,11H2,1-3H3. The largest absolute Gasteiger partial charge is 0.316 e. The van der Waals surface area contributed by atoms with Crippen molar-refractivity contribution in [3.63, 3.8) is 0 Å². The average molecular weight is 288 g/mol. The fraction of sp³-hybridized carbons (Fsp3) is 0.600.